The van der Waals surface area contributed by atoms with Gasteiger partial charge < -0.3 is 14.7 Å². The monoisotopic (exact) mass is 527 g/mol. The second kappa shape index (κ2) is 9.09. The van der Waals surface area contributed by atoms with Gasteiger partial charge in [0.2, 0.25) is 0 Å². The maximum Gasteiger partial charge on any atom is 0.435 e. The van der Waals surface area contributed by atoms with E-state index in [0.29, 0.717) is 17.7 Å². The smallest absolute Gasteiger partial charge is 0.382 e. The molecule has 1 atom stereocenters. The molecule has 1 aliphatic rings. The molecule has 1 unspecified atom stereocenters. The van der Waals surface area contributed by atoms with Gasteiger partial charge in [0.25, 0.3) is 11.5 Å². The van der Waals surface area contributed by atoms with E-state index in [2.05, 4.69) is 10.5 Å². The molecule has 1 amide bonds. The van der Waals surface area contributed by atoms with E-state index in [1.807, 2.05) is 0 Å². The standard InChI is InChI=1S/C23H18Cl2F3N3O4/c1-3-31-21(33)19(11-34-31)29-20(32)17-5-4-13(6-12(17)2)18-10-22(35-30-18,23(26,27)28)14-7-15(24)9-16(25)8-14/h4-9,11H,3,10H2,1-2H3,(H,29,32). The van der Waals surface area contributed by atoms with E-state index in [1.54, 1.807) is 13.8 Å². The molecule has 184 valence electrons. The lowest BCUT2D eigenvalue weighted by Crippen LogP contribution is -2.42. The van der Waals surface area contributed by atoms with Crippen LogP contribution in [0, 0.1) is 6.92 Å². The van der Waals surface area contributed by atoms with Gasteiger partial charge in [-0.1, -0.05) is 34.4 Å². The Hall–Kier alpha value is -3.24. The largest absolute Gasteiger partial charge is 0.435 e. The zero-order chi connectivity index (χ0) is 25.5. The number of nitrogens with one attached hydrogen (secondary N) is 1. The number of amides is 1. The van der Waals surface area contributed by atoms with Crippen molar-refractivity contribution in [3.63, 3.8) is 0 Å². The zero-order valence-corrected chi connectivity index (χ0v) is 19.9. The van der Waals surface area contributed by atoms with E-state index in [-0.39, 0.29) is 32.6 Å². The van der Waals surface area contributed by atoms with Gasteiger partial charge in [0.05, 0.1) is 12.3 Å². The number of hydrogen-bond acceptors (Lipinski definition) is 5. The minimum absolute atomic E-state index is 0.0240. The van der Waals surface area contributed by atoms with Crippen molar-refractivity contribution in [1.29, 1.82) is 0 Å². The first-order chi connectivity index (χ1) is 16.4. The molecular formula is C23H18Cl2F3N3O4. The van der Waals surface area contributed by atoms with Crippen LogP contribution in [-0.4, -0.2) is 22.5 Å². The number of aromatic nitrogens is 1. The van der Waals surface area contributed by atoms with Crippen LogP contribution in [0.1, 0.15) is 40.4 Å². The van der Waals surface area contributed by atoms with Crippen molar-refractivity contribution in [3.8, 4) is 0 Å². The van der Waals surface area contributed by atoms with E-state index in [1.165, 1.54) is 24.3 Å². The zero-order valence-electron chi connectivity index (χ0n) is 18.4. The second-order valence-corrected chi connectivity index (χ2v) is 8.78. The molecule has 7 nitrogen and oxygen atoms in total. The van der Waals surface area contributed by atoms with Crippen LogP contribution in [0.15, 0.2) is 57.1 Å². The van der Waals surface area contributed by atoms with Crippen molar-refractivity contribution in [3.05, 3.63) is 85.3 Å². The molecule has 12 heteroatoms. The van der Waals surface area contributed by atoms with Gasteiger partial charge in [-0.15, -0.1) is 0 Å². The summed E-state index contributed by atoms with van der Waals surface area (Å²) in [4.78, 5) is 29.8. The van der Waals surface area contributed by atoms with Gasteiger partial charge in [0, 0.05) is 27.6 Å². The molecule has 0 bridgehead atoms. The van der Waals surface area contributed by atoms with Crippen LogP contribution in [0.2, 0.25) is 10.0 Å². The molecule has 1 N–H and O–H groups in total. The third-order valence-electron chi connectivity index (χ3n) is 5.61. The van der Waals surface area contributed by atoms with Crippen molar-refractivity contribution in [2.24, 2.45) is 5.16 Å². The minimum atomic E-state index is -4.82. The minimum Gasteiger partial charge on any atom is -0.382 e. The number of carbonyl (C=O) groups is 1. The van der Waals surface area contributed by atoms with Crippen LogP contribution in [0.4, 0.5) is 18.9 Å². The quantitative estimate of drug-likeness (QED) is 0.446. The van der Waals surface area contributed by atoms with Crippen LogP contribution >= 0.6 is 23.2 Å². The number of benzene rings is 2. The highest BCUT2D eigenvalue weighted by molar-refractivity contribution is 6.34. The van der Waals surface area contributed by atoms with Crippen molar-refractivity contribution in [1.82, 2.24) is 4.74 Å². The lowest BCUT2D eigenvalue weighted by Gasteiger charge is -2.29. The summed E-state index contributed by atoms with van der Waals surface area (Å²) in [6.07, 6.45) is -4.31. The molecule has 0 radical (unpaired) electrons. The first kappa shape index (κ1) is 24.9. The lowest BCUT2D eigenvalue weighted by atomic mass is 9.86. The number of rotatable bonds is 5. The molecule has 3 aromatic rings. The normalized spacial score (nSPS) is 17.7. The predicted octanol–water partition coefficient (Wildman–Crippen LogP) is 5.91. The van der Waals surface area contributed by atoms with Crippen LogP contribution < -0.4 is 10.9 Å². The van der Waals surface area contributed by atoms with Crippen molar-refractivity contribution in [2.45, 2.75) is 38.6 Å². The third-order valence-corrected chi connectivity index (χ3v) is 6.05. The Bertz CT molecular complexity index is 1380. The number of halogens is 5. The summed E-state index contributed by atoms with van der Waals surface area (Å²) in [6, 6.07) is 8.02. The average Bonchev–Trinajstić information content (AvgIpc) is 3.38. The number of nitrogens with zero attached hydrogens (tertiary/aromatic N) is 2. The van der Waals surface area contributed by atoms with E-state index in [4.69, 9.17) is 32.6 Å². The van der Waals surface area contributed by atoms with Gasteiger partial charge in [-0.3, -0.25) is 9.59 Å². The number of oxime groups is 1. The Morgan fingerprint density at radius 1 is 1.20 bits per heavy atom. The van der Waals surface area contributed by atoms with Crippen LogP contribution in [-0.2, 0) is 17.0 Å². The van der Waals surface area contributed by atoms with Gasteiger partial charge in [0.15, 0.2) is 0 Å². The summed E-state index contributed by atoms with van der Waals surface area (Å²) in [6.45, 7) is 3.62. The van der Waals surface area contributed by atoms with Gasteiger partial charge in [0.1, 0.15) is 12.0 Å². The summed E-state index contributed by atoms with van der Waals surface area (Å²) in [5.41, 5.74) is -2.49. The van der Waals surface area contributed by atoms with Crippen LogP contribution in [0.5, 0.6) is 0 Å². The van der Waals surface area contributed by atoms with Crippen molar-refractivity contribution in [2.75, 3.05) is 5.32 Å². The SMILES string of the molecule is CCn1occ(NC(=O)c2ccc(C3=NOC(c4cc(Cl)cc(Cl)c4)(C(F)(F)F)C3)cc2C)c1=O. The number of alkyl halides is 3. The Morgan fingerprint density at radius 3 is 2.46 bits per heavy atom. The summed E-state index contributed by atoms with van der Waals surface area (Å²) in [7, 11) is 0. The summed E-state index contributed by atoms with van der Waals surface area (Å²) in [5.74, 6) is -0.571. The van der Waals surface area contributed by atoms with Gasteiger partial charge >= 0.3 is 11.7 Å². The van der Waals surface area contributed by atoms with E-state index >= 15 is 0 Å². The Kier molecular flexibility index (Phi) is 6.46. The second-order valence-electron chi connectivity index (χ2n) is 7.91. The highest BCUT2D eigenvalue weighted by Crippen LogP contribution is 2.49. The van der Waals surface area contributed by atoms with Crippen molar-refractivity contribution < 1.29 is 27.3 Å². The highest BCUT2D eigenvalue weighted by Gasteiger charge is 2.62. The van der Waals surface area contributed by atoms with Crippen molar-refractivity contribution >= 4 is 40.5 Å². The van der Waals surface area contributed by atoms with E-state index in [0.717, 1.165) is 23.1 Å². The van der Waals surface area contributed by atoms with Gasteiger partial charge in [-0.2, -0.15) is 17.9 Å². The summed E-state index contributed by atoms with van der Waals surface area (Å²) in [5, 5.41) is 6.26. The van der Waals surface area contributed by atoms with Gasteiger partial charge in [-0.25, -0.2) is 0 Å². The fourth-order valence-corrected chi connectivity index (χ4v) is 4.31. The Labute approximate surface area is 207 Å². The Morgan fingerprint density at radius 2 is 1.89 bits per heavy atom. The maximum atomic E-state index is 14.2. The molecule has 0 saturated heterocycles. The van der Waals surface area contributed by atoms with Crippen LogP contribution in [0.25, 0.3) is 0 Å². The summed E-state index contributed by atoms with van der Waals surface area (Å²) < 4.78 is 48.7. The fraction of sp³-hybridized carbons (Fsp3) is 0.261. The average molecular weight is 528 g/mol. The number of hydrogen-bond donors (Lipinski definition) is 1. The Balaban J connectivity index is 1.60. The molecule has 0 aliphatic carbocycles. The third kappa shape index (κ3) is 4.55. The summed E-state index contributed by atoms with van der Waals surface area (Å²) >= 11 is 11.9. The number of anilines is 1. The molecule has 0 spiro atoms. The number of aryl methyl sites for hydroxylation is 2. The molecule has 2 heterocycles. The molecular weight excluding hydrogens is 510 g/mol. The molecule has 0 fully saturated rings. The molecule has 1 aromatic heterocycles. The van der Waals surface area contributed by atoms with E-state index < -0.39 is 29.7 Å². The van der Waals surface area contributed by atoms with Crippen LogP contribution in [0.3, 0.4) is 0 Å². The predicted molar refractivity (Wildman–Crippen MR) is 124 cm³/mol. The first-order valence-electron chi connectivity index (χ1n) is 10.3. The number of carbonyl (C=O) groups excluding carboxylic acids is 1. The molecule has 2 aromatic carbocycles. The molecule has 4 rings (SSSR count). The topological polar surface area (TPSA) is 85.8 Å². The molecule has 35 heavy (non-hydrogen) atoms. The van der Waals surface area contributed by atoms with E-state index in [9.17, 15) is 22.8 Å². The lowest BCUT2D eigenvalue weighted by molar-refractivity contribution is -0.275. The fourth-order valence-electron chi connectivity index (χ4n) is 3.78. The molecule has 0 saturated carbocycles. The molecule has 1 aliphatic heterocycles. The first-order valence-corrected chi connectivity index (χ1v) is 11.1. The maximum absolute atomic E-state index is 14.2. The van der Waals surface area contributed by atoms with Gasteiger partial charge in [-0.05, 0) is 55.3 Å². The highest BCUT2D eigenvalue weighted by atomic mass is 35.5.